The molecule has 1 unspecified atom stereocenters. The number of rotatable bonds is 8. The van der Waals surface area contributed by atoms with E-state index in [1.54, 1.807) is 0 Å². The van der Waals surface area contributed by atoms with Gasteiger partial charge in [-0.3, -0.25) is 0 Å². The third-order valence-electron chi connectivity index (χ3n) is 3.38. The highest BCUT2D eigenvalue weighted by atomic mass is 19.4. The zero-order chi connectivity index (χ0) is 15.0. The van der Waals surface area contributed by atoms with Crippen molar-refractivity contribution in [2.24, 2.45) is 0 Å². The summed E-state index contributed by atoms with van der Waals surface area (Å²) in [6, 6.07) is 5.66. The van der Waals surface area contributed by atoms with E-state index in [-0.39, 0.29) is 0 Å². The third kappa shape index (κ3) is 5.85. The van der Waals surface area contributed by atoms with Gasteiger partial charge in [-0.2, -0.15) is 13.2 Å². The largest absolute Gasteiger partial charge is 0.416 e. The number of hydrogen-bond acceptors (Lipinski definition) is 1. The van der Waals surface area contributed by atoms with Crippen molar-refractivity contribution in [3.8, 4) is 0 Å². The number of anilines is 1. The lowest BCUT2D eigenvalue weighted by atomic mass is 10.0. The summed E-state index contributed by atoms with van der Waals surface area (Å²) in [5.74, 6) is 0. The van der Waals surface area contributed by atoms with Crippen molar-refractivity contribution >= 4 is 5.69 Å². The van der Waals surface area contributed by atoms with Crippen LogP contribution in [0.2, 0.25) is 0 Å². The van der Waals surface area contributed by atoms with Crippen molar-refractivity contribution in [3.63, 3.8) is 0 Å². The van der Waals surface area contributed by atoms with Crippen molar-refractivity contribution in [2.75, 3.05) is 5.32 Å². The van der Waals surface area contributed by atoms with Gasteiger partial charge in [0.25, 0.3) is 0 Å². The first-order valence-electron chi connectivity index (χ1n) is 7.41. The molecule has 1 N–H and O–H groups in total. The second-order valence-corrected chi connectivity index (χ2v) is 5.20. The highest BCUT2D eigenvalue weighted by Gasteiger charge is 2.29. The lowest BCUT2D eigenvalue weighted by Crippen LogP contribution is -2.19. The van der Waals surface area contributed by atoms with Gasteiger partial charge in [0.15, 0.2) is 0 Å². The Kier molecular flexibility index (Phi) is 6.89. The number of benzene rings is 1. The molecule has 0 aliphatic heterocycles. The van der Waals surface area contributed by atoms with Crippen LogP contribution in [0.3, 0.4) is 0 Å². The summed E-state index contributed by atoms with van der Waals surface area (Å²) in [5, 5.41) is 3.35. The van der Waals surface area contributed by atoms with Crippen LogP contribution in [0.4, 0.5) is 18.9 Å². The molecule has 20 heavy (non-hydrogen) atoms. The average molecular weight is 287 g/mol. The van der Waals surface area contributed by atoms with Gasteiger partial charge in [-0.25, -0.2) is 0 Å². The van der Waals surface area contributed by atoms with E-state index in [0.717, 1.165) is 43.5 Å². The van der Waals surface area contributed by atoms with E-state index in [4.69, 9.17) is 0 Å². The Hall–Kier alpha value is -1.19. The standard InChI is InChI=1S/C16H24F3N/c1-3-5-6-8-14(7-4-2)20-15-11-9-13(10-12-15)16(17,18)19/h9-12,14,20H,3-8H2,1-2H3. The van der Waals surface area contributed by atoms with E-state index in [0.29, 0.717) is 6.04 Å². The number of hydrogen-bond donors (Lipinski definition) is 1. The molecule has 0 heterocycles. The van der Waals surface area contributed by atoms with Crippen molar-refractivity contribution in [3.05, 3.63) is 29.8 Å². The van der Waals surface area contributed by atoms with Gasteiger partial charge in [-0.15, -0.1) is 0 Å². The fourth-order valence-corrected chi connectivity index (χ4v) is 2.27. The molecule has 0 radical (unpaired) electrons. The summed E-state index contributed by atoms with van der Waals surface area (Å²) >= 11 is 0. The molecular formula is C16H24F3N. The molecule has 1 atom stereocenters. The SMILES string of the molecule is CCCCCC(CCC)Nc1ccc(C(F)(F)F)cc1. The quantitative estimate of drug-likeness (QED) is 0.590. The van der Waals surface area contributed by atoms with Crippen LogP contribution in [0.5, 0.6) is 0 Å². The Morgan fingerprint density at radius 3 is 2.10 bits per heavy atom. The summed E-state index contributed by atoms with van der Waals surface area (Å²) in [6.45, 7) is 4.29. The fraction of sp³-hybridized carbons (Fsp3) is 0.625. The topological polar surface area (TPSA) is 12.0 Å². The van der Waals surface area contributed by atoms with Crippen LogP contribution in [0.15, 0.2) is 24.3 Å². The molecule has 0 amide bonds. The predicted molar refractivity (Wildman–Crippen MR) is 77.9 cm³/mol. The molecule has 0 saturated heterocycles. The molecule has 1 aromatic carbocycles. The molecule has 4 heteroatoms. The van der Waals surface area contributed by atoms with Gasteiger partial charge in [-0.05, 0) is 37.1 Å². The summed E-state index contributed by atoms with van der Waals surface area (Å²) in [6.07, 6.45) is 2.48. The molecule has 0 saturated carbocycles. The first-order valence-corrected chi connectivity index (χ1v) is 7.41. The molecule has 1 aromatic rings. The zero-order valence-electron chi connectivity index (χ0n) is 12.3. The molecule has 1 nitrogen and oxygen atoms in total. The molecule has 0 aliphatic carbocycles. The lowest BCUT2D eigenvalue weighted by Gasteiger charge is -2.19. The van der Waals surface area contributed by atoms with Crippen molar-refractivity contribution in [2.45, 2.75) is 64.6 Å². The Morgan fingerprint density at radius 2 is 1.60 bits per heavy atom. The molecule has 1 rings (SSSR count). The van der Waals surface area contributed by atoms with E-state index in [9.17, 15) is 13.2 Å². The number of alkyl halides is 3. The minimum Gasteiger partial charge on any atom is -0.382 e. The fourth-order valence-electron chi connectivity index (χ4n) is 2.27. The van der Waals surface area contributed by atoms with Gasteiger partial charge in [0.05, 0.1) is 5.56 Å². The minimum absolute atomic E-state index is 0.350. The molecule has 0 spiro atoms. The van der Waals surface area contributed by atoms with Crippen molar-refractivity contribution < 1.29 is 13.2 Å². The van der Waals surface area contributed by atoms with E-state index < -0.39 is 11.7 Å². The van der Waals surface area contributed by atoms with Crippen LogP contribution in [0.1, 0.15) is 57.9 Å². The van der Waals surface area contributed by atoms with Crippen LogP contribution >= 0.6 is 0 Å². The van der Waals surface area contributed by atoms with Crippen LogP contribution in [-0.2, 0) is 6.18 Å². The average Bonchev–Trinajstić information content (AvgIpc) is 2.39. The normalized spacial score (nSPS) is 13.2. The number of nitrogens with one attached hydrogen (secondary N) is 1. The summed E-state index contributed by atoms with van der Waals surface area (Å²) in [7, 11) is 0. The summed E-state index contributed by atoms with van der Waals surface area (Å²) < 4.78 is 37.5. The number of halogens is 3. The number of unbranched alkanes of at least 4 members (excludes halogenated alkanes) is 2. The highest BCUT2D eigenvalue weighted by molar-refractivity contribution is 5.45. The van der Waals surface area contributed by atoms with Gasteiger partial charge >= 0.3 is 6.18 Å². The second-order valence-electron chi connectivity index (χ2n) is 5.20. The summed E-state index contributed by atoms with van der Waals surface area (Å²) in [5.41, 5.74) is 0.175. The van der Waals surface area contributed by atoms with Crippen LogP contribution in [-0.4, -0.2) is 6.04 Å². The minimum atomic E-state index is -4.26. The molecular weight excluding hydrogens is 263 g/mol. The lowest BCUT2D eigenvalue weighted by molar-refractivity contribution is -0.137. The van der Waals surface area contributed by atoms with Gasteiger partial charge in [-0.1, -0.05) is 39.5 Å². The Labute approximate surface area is 119 Å². The predicted octanol–water partition coefficient (Wildman–Crippen LogP) is 5.87. The van der Waals surface area contributed by atoms with Crippen molar-refractivity contribution in [1.82, 2.24) is 0 Å². The van der Waals surface area contributed by atoms with Crippen LogP contribution in [0, 0.1) is 0 Å². The molecule has 0 aliphatic rings. The van der Waals surface area contributed by atoms with Crippen LogP contribution in [0.25, 0.3) is 0 Å². The maximum atomic E-state index is 12.5. The van der Waals surface area contributed by atoms with E-state index in [2.05, 4.69) is 19.2 Å². The van der Waals surface area contributed by atoms with Gasteiger partial charge < -0.3 is 5.32 Å². The van der Waals surface area contributed by atoms with E-state index in [1.165, 1.54) is 25.0 Å². The van der Waals surface area contributed by atoms with Gasteiger partial charge in [0.2, 0.25) is 0 Å². The van der Waals surface area contributed by atoms with Gasteiger partial charge in [0, 0.05) is 11.7 Å². The smallest absolute Gasteiger partial charge is 0.382 e. The van der Waals surface area contributed by atoms with E-state index >= 15 is 0 Å². The van der Waals surface area contributed by atoms with Gasteiger partial charge in [0.1, 0.15) is 0 Å². The molecule has 0 bridgehead atoms. The Morgan fingerprint density at radius 1 is 0.950 bits per heavy atom. The van der Waals surface area contributed by atoms with Crippen LogP contribution < -0.4 is 5.32 Å². The summed E-state index contributed by atoms with van der Waals surface area (Å²) in [4.78, 5) is 0. The Bertz CT molecular complexity index is 370. The second kappa shape index (κ2) is 8.18. The monoisotopic (exact) mass is 287 g/mol. The highest BCUT2D eigenvalue weighted by Crippen LogP contribution is 2.30. The maximum Gasteiger partial charge on any atom is 0.416 e. The first-order chi connectivity index (χ1) is 9.47. The first kappa shape index (κ1) is 16.9. The third-order valence-corrected chi connectivity index (χ3v) is 3.38. The van der Waals surface area contributed by atoms with E-state index in [1.807, 2.05) is 0 Å². The molecule has 0 aromatic heterocycles. The molecule has 114 valence electrons. The maximum absolute atomic E-state index is 12.5. The Balaban J connectivity index is 2.59. The van der Waals surface area contributed by atoms with Crippen molar-refractivity contribution in [1.29, 1.82) is 0 Å². The zero-order valence-corrected chi connectivity index (χ0v) is 12.3. The molecule has 0 fully saturated rings.